The average Bonchev–Trinajstić information content (AvgIpc) is 2.46. The van der Waals surface area contributed by atoms with E-state index in [9.17, 15) is 10.2 Å². The lowest BCUT2D eigenvalue weighted by Crippen LogP contribution is -1.99. The van der Waals surface area contributed by atoms with Crippen LogP contribution < -0.4 is 0 Å². The van der Waals surface area contributed by atoms with E-state index in [-0.39, 0.29) is 11.5 Å². The monoisotopic (exact) mass is 316 g/mol. The molecular formula is C21H32O2. The Morgan fingerprint density at radius 3 is 2.00 bits per heavy atom. The number of phenols is 2. The molecule has 1 rings (SSSR count). The van der Waals surface area contributed by atoms with E-state index in [0.717, 1.165) is 30.4 Å². The molecule has 0 aromatic heterocycles. The zero-order valence-electron chi connectivity index (χ0n) is 15.4. The summed E-state index contributed by atoms with van der Waals surface area (Å²) in [6.07, 6.45) is 9.79. The molecule has 2 nitrogen and oxygen atoms in total. The van der Waals surface area contributed by atoms with E-state index in [0.29, 0.717) is 12.0 Å². The first-order chi connectivity index (χ1) is 10.9. The first kappa shape index (κ1) is 19.3. The van der Waals surface area contributed by atoms with E-state index in [2.05, 4.69) is 26.8 Å². The van der Waals surface area contributed by atoms with Gasteiger partial charge in [0.05, 0.1) is 0 Å². The third-order valence-electron chi connectivity index (χ3n) is 4.06. The van der Waals surface area contributed by atoms with E-state index in [1.54, 1.807) is 0 Å². The van der Waals surface area contributed by atoms with Crippen LogP contribution >= 0.6 is 0 Å². The van der Waals surface area contributed by atoms with Crippen molar-refractivity contribution in [3.63, 3.8) is 0 Å². The highest BCUT2D eigenvalue weighted by atomic mass is 16.3. The van der Waals surface area contributed by atoms with Crippen molar-refractivity contribution in [3.8, 4) is 11.5 Å². The van der Waals surface area contributed by atoms with Gasteiger partial charge in [0.25, 0.3) is 0 Å². The molecule has 0 spiro atoms. The third kappa shape index (κ3) is 6.13. The zero-order valence-corrected chi connectivity index (χ0v) is 15.4. The van der Waals surface area contributed by atoms with E-state index in [4.69, 9.17) is 0 Å². The van der Waals surface area contributed by atoms with Gasteiger partial charge in [-0.05, 0) is 65.0 Å². The quantitative estimate of drug-likeness (QED) is 0.466. The van der Waals surface area contributed by atoms with Crippen LogP contribution in [0.5, 0.6) is 11.5 Å². The van der Waals surface area contributed by atoms with Gasteiger partial charge in [-0.3, -0.25) is 0 Å². The molecule has 0 fully saturated rings. The number of phenolic OH excluding ortho intramolecular Hbond substituents is 2. The summed E-state index contributed by atoms with van der Waals surface area (Å²) in [5, 5.41) is 21.1. The summed E-state index contributed by atoms with van der Waals surface area (Å²) < 4.78 is 0. The third-order valence-corrected chi connectivity index (χ3v) is 4.06. The summed E-state index contributed by atoms with van der Waals surface area (Å²) >= 11 is 0. The fourth-order valence-electron chi connectivity index (χ4n) is 2.62. The number of benzene rings is 1. The Kier molecular flexibility index (Phi) is 7.94. The van der Waals surface area contributed by atoms with E-state index >= 15 is 0 Å². The van der Waals surface area contributed by atoms with Gasteiger partial charge < -0.3 is 10.2 Å². The Balaban J connectivity index is 3.23. The maximum Gasteiger partial charge on any atom is 0.126 e. The summed E-state index contributed by atoms with van der Waals surface area (Å²) in [7, 11) is 0. The van der Waals surface area contributed by atoms with Gasteiger partial charge in [-0.25, -0.2) is 0 Å². The minimum Gasteiger partial charge on any atom is -0.508 e. The van der Waals surface area contributed by atoms with Gasteiger partial charge in [-0.15, -0.1) is 0 Å². The summed E-state index contributed by atoms with van der Waals surface area (Å²) in [5.41, 5.74) is 5.11. The number of unbranched alkanes of at least 4 members (excludes halogenated alkanes) is 2. The van der Waals surface area contributed by atoms with Crippen molar-refractivity contribution in [1.82, 2.24) is 0 Å². The molecule has 0 saturated carbocycles. The number of rotatable bonds is 8. The highest BCUT2D eigenvalue weighted by Gasteiger charge is 2.16. The molecule has 2 heteroatoms. The standard InChI is InChI=1S/C21H32O2/c1-6-7-8-9-17-14-20(22)19(13-11-16(4)5)21(23)18(17)12-10-15(2)3/h10-11,14,22-23H,6-9,12-13H2,1-5H3. The average molecular weight is 316 g/mol. The predicted octanol–water partition coefficient (Wildman–Crippen LogP) is 5.85. The Morgan fingerprint density at radius 1 is 0.913 bits per heavy atom. The molecule has 0 saturated heterocycles. The summed E-state index contributed by atoms with van der Waals surface area (Å²) in [5.74, 6) is 0.485. The minimum absolute atomic E-state index is 0.215. The molecule has 0 heterocycles. The van der Waals surface area contributed by atoms with Crippen molar-refractivity contribution in [2.45, 2.75) is 73.1 Å². The van der Waals surface area contributed by atoms with Gasteiger partial charge >= 0.3 is 0 Å². The molecule has 128 valence electrons. The molecule has 0 aliphatic rings. The number of allylic oxidation sites excluding steroid dienone is 4. The molecule has 0 bridgehead atoms. The minimum atomic E-state index is 0.215. The molecule has 2 N–H and O–H groups in total. The number of aryl methyl sites for hydroxylation is 1. The Morgan fingerprint density at radius 2 is 1.48 bits per heavy atom. The van der Waals surface area contributed by atoms with Crippen molar-refractivity contribution in [3.05, 3.63) is 46.1 Å². The van der Waals surface area contributed by atoms with Crippen LogP contribution in [-0.2, 0) is 19.3 Å². The lowest BCUT2D eigenvalue weighted by Gasteiger charge is -2.16. The van der Waals surface area contributed by atoms with Gasteiger partial charge in [0, 0.05) is 11.1 Å². The van der Waals surface area contributed by atoms with E-state index in [1.807, 2.05) is 26.0 Å². The SMILES string of the molecule is CCCCCc1cc(O)c(CC=C(C)C)c(O)c1CC=C(C)C. The normalized spacial score (nSPS) is 10.5. The maximum absolute atomic E-state index is 10.7. The first-order valence-electron chi connectivity index (χ1n) is 8.69. The molecule has 0 aliphatic carbocycles. The van der Waals surface area contributed by atoms with Crippen LogP contribution in [0.1, 0.15) is 70.6 Å². The summed E-state index contributed by atoms with van der Waals surface area (Å²) in [4.78, 5) is 0. The van der Waals surface area contributed by atoms with Gasteiger partial charge in [0.1, 0.15) is 11.5 Å². The lowest BCUT2D eigenvalue weighted by atomic mass is 9.93. The number of hydrogen-bond donors (Lipinski definition) is 2. The molecule has 0 amide bonds. The summed E-state index contributed by atoms with van der Waals surface area (Å²) in [6.45, 7) is 10.4. The fourth-order valence-corrected chi connectivity index (χ4v) is 2.62. The molecule has 0 aliphatic heterocycles. The topological polar surface area (TPSA) is 40.5 Å². The second-order valence-electron chi connectivity index (χ2n) is 6.79. The molecule has 1 aromatic carbocycles. The van der Waals surface area contributed by atoms with Gasteiger partial charge in [0.2, 0.25) is 0 Å². The molecule has 0 radical (unpaired) electrons. The second-order valence-corrected chi connectivity index (χ2v) is 6.79. The highest BCUT2D eigenvalue weighted by molar-refractivity contribution is 5.54. The first-order valence-corrected chi connectivity index (χ1v) is 8.69. The molecule has 0 atom stereocenters. The smallest absolute Gasteiger partial charge is 0.126 e. The second kappa shape index (κ2) is 9.44. The zero-order chi connectivity index (χ0) is 17.4. The summed E-state index contributed by atoms with van der Waals surface area (Å²) in [6, 6.07) is 1.86. The van der Waals surface area contributed by atoms with Gasteiger partial charge in [-0.1, -0.05) is 43.1 Å². The van der Waals surface area contributed by atoms with Gasteiger partial charge in [-0.2, -0.15) is 0 Å². The van der Waals surface area contributed by atoms with Crippen LogP contribution in [0.15, 0.2) is 29.4 Å². The van der Waals surface area contributed by atoms with Crippen LogP contribution in [0.2, 0.25) is 0 Å². The molecular weight excluding hydrogens is 284 g/mol. The maximum atomic E-state index is 10.7. The highest BCUT2D eigenvalue weighted by Crippen LogP contribution is 2.36. The van der Waals surface area contributed by atoms with Crippen molar-refractivity contribution in [1.29, 1.82) is 0 Å². The molecule has 23 heavy (non-hydrogen) atoms. The Hall–Kier alpha value is -1.70. The van der Waals surface area contributed by atoms with E-state index < -0.39 is 0 Å². The van der Waals surface area contributed by atoms with Crippen LogP contribution in [0, 0.1) is 0 Å². The Bertz CT molecular complexity index is 572. The van der Waals surface area contributed by atoms with Crippen LogP contribution in [-0.4, -0.2) is 10.2 Å². The van der Waals surface area contributed by atoms with Crippen LogP contribution in [0.4, 0.5) is 0 Å². The lowest BCUT2D eigenvalue weighted by molar-refractivity contribution is 0.435. The molecule has 0 unspecified atom stereocenters. The van der Waals surface area contributed by atoms with Crippen molar-refractivity contribution in [2.75, 3.05) is 0 Å². The molecule has 1 aromatic rings. The largest absolute Gasteiger partial charge is 0.508 e. The van der Waals surface area contributed by atoms with Crippen LogP contribution in [0.3, 0.4) is 0 Å². The van der Waals surface area contributed by atoms with Crippen LogP contribution in [0.25, 0.3) is 0 Å². The predicted molar refractivity (Wildman–Crippen MR) is 99.3 cm³/mol. The Labute approximate surface area is 141 Å². The van der Waals surface area contributed by atoms with E-state index in [1.165, 1.54) is 24.0 Å². The number of aromatic hydroxyl groups is 2. The number of hydrogen-bond acceptors (Lipinski definition) is 2. The van der Waals surface area contributed by atoms with Crippen molar-refractivity contribution < 1.29 is 10.2 Å². The van der Waals surface area contributed by atoms with Crippen molar-refractivity contribution in [2.24, 2.45) is 0 Å². The van der Waals surface area contributed by atoms with Gasteiger partial charge in [0.15, 0.2) is 0 Å². The van der Waals surface area contributed by atoms with Crippen molar-refractivity contribution >= 4 is 0 Å². The fraction of sp³-hybridized carbons (Fsp3) is 0.524.